The summed E-state index contributed by atoms with van der Waals surface area (Å²) in [6.07, 6.45) is 0. The average Bonchev–Trinajstić information content (AvgIpc) is 0.833. The number of amides is 4. The molecule has 0 aliphatic heterocycles. The van der Waals surface area contributed by atoms with Gasteiger partial charge in [0.2, 0.25) is 0 Å². The van der Waals surface area contributed by atoms with Crippen LogP contribution in [0.5, 0.6) is 34.5 Å². The summed E-state index contributed by atoms with van der Waals surface area (Å²) in [5.41, 5.74) is 9.25. The summed E-state index contributed by atoms with van der Waals surface area (Å²) in [6.45, 7) is 23.3. The first kappa shape index (κ1) is 103. The van der Waals surface area contributed by atoms with Gasteiger partial charge in [0.05, 0.1) is 56.1 Å². The van der Waals surface area contributed by atoms with Gasteiger partial charge in [-0.3, -0.25) is 19.2 Å². The number of halogens is 1. The van der Waals surface area contributed by atoms with E-state index in [1.54, 1.807) is 127 Å². The maximum atomic E-state index is 13.4. The van der Waals surface area contributed by atoms with E-state index in [1.807, 2.05) is 230 Å². The van der Waals surface area contributed by atoms with E-state index in [9.17, 15) is 58.8 Å². The number of nitrogens with one attached hydrogen (secondary N) is 4. The predicted molar refractivity (Wildman–Crippen MR) is 521 cm³/mol. The van der Waals surface area contributed by atoms with Gasteiger partial charge in [0.25, 0.3) is 23.6 Å². The maximum Gasteiger partial charge on any atom is 0.340 e. The molecule has 0 bridgehead atoms. The minimum Gasteiger partial charge on any atom is -0.508 e. The lowest BCUT2D eigenvalue weighted by atomic mass is 10.0. The largest absolute Gasteiger partial charge is 0.508 e. The van der Waals surface area contributed by atoms with Crippen LogP contribution in [0.3, 0.4) is 0 Å². The van der Waals surface area contributed by atoms with E-state index >= 15 is 0 Å². The summed E-state index contributed by atoms with van der Waals surface area (Å²) in [4.78, 5) is 109. The molecule has 8 N–H and O–H groups in total. The first-order valence-corrected chi connectivity index (χ1v) is 42.4. The Morgan fingerprint density at radius 2 is 0.538 bits per heavy atom. The number of nitrogens with zero attached hydrogens (tertiary/aromatic N) is 3. The van der Waals surface area contributed by atoms with Crippen LogP contribution in [0, 0.1) is 13.8 Å². The van der Waals surface area contributed by atoms with Crippen LogP contribution < -0.4 is 35.5 Å². The van der Waals surface area contributed by atoms with E-state index in [2.05, 4.69) is 21.3 Å². The van der Waals surface area contributed by atoms with Crippen molar-refractivity contribution in [3.05, 3.63) is 323 Å². The number of rotatable bonds is 28. The second-order valence-electron chi connectivity index (χ2n) is 34.4. The topological polar surface area (TPSA) is 331 Å². The van der Waals surface area contributed by atoms with Crippen molar-refractivity contribution in [2.45, 2.75) is 93.0 Å². The van der Waals surface area contributed by atoms with Gasteiger partial charge in [0, 0.05) is 30.8 Å². The summed E-state index contributed by atoms with van der Waals surface area (Å²) in [7, 11) is 11.7. The van der Waals surface area contributed by atoms with E-state index in [4.69, 9.17) is 28.4 Å². The molecule has 12 rings (SSSR count). The zero-order chi connectivity index (χ0) is 95.4. The van der Waals surface area contributed by atoms with Crippen LogP contribution in [-0.2, 0) is 14.2 Å². The van der Waals surface area contributed by atoms with Crippen LogP contribution in [-0.4, -0.2) is 181 Å². The van der Waals surface area contributed by atoms with Crippen LogP contribution in [0.4, 0.5) is 22.7 Å². The van der Waals surface area contributed by atoms with Gasteiger partial charge in [0.1, 0.15) is 71.1 Å². The fourth-order valence-electron chi connectivity index (χ4n) is 12.7. The predicted octanol–water partition coefficient (Wildman–Crippen LogP) is 21.0. The number of esters is 3. The number of carboxylic acids is 1. The molecule has 0 aromatic heterocycles. The molecule has 0 spiro atoms. The highest BCUT2D eigenvalue weighted by molar-refractivity contribution is 6.13. The van der Waals surface area contributed by atoms with Gasteiger partial charge in [-0.05, 0) is 283 Å². The smallest absolute Gasteiger partial charge is 0.340 e. The summed E-state index contributed by atoms with van der Waals surface area (Å²) >= 11 is 0. The highest BCUT2D eigenvalue weighted by Gasteiger charge is 2.28. The zero-order valence-corrected chi connectivity index (χ0v) is 78.2. The van der Waals surface area contributed by atoms with Gasteiger partial charge in [0.15, 0.2) is 0 Å². The number of anilines is 4. The Bertz CT molecular complexity index is 5800. The maximum absolute atomic E-state index is 13.4. The third kappa shape index (κ3) is 31.6. The van der Waals surface area contributed by atoms with Crippen molar-refractivity contribution in [1.29, 1.82) is 0 Å². The number of hydrogen-bond acceptors (Lipinski definition) is 20. The highest BCUT2D eigenvalue weighted by Crippen LogP contribution is 2.36. The van der Waals surface area contributed by atoms with Gasteiger partial charge in [-0.25, -0.2) is 19.2 Å². The number of carboxylic acid groups (broad SMARTS) is 1. The van der Waals surface area contributed by atoms with E-state index in [-0.39, 0.29) is 74.8 Å². The molecule has 25 nitrogen and oxygen atoms in total. The number of ether oxygens (including phenoxy) is 6. The van der Waals surface area contributed by atoms with Crippen molar-refractivity contribution < 1.29 is 87.2 Å². The van der Waals surface area contributed by atoms with Crippen LogP contribution in [0.25, 0.3) is 44.5 Å². The van der Waals surface area contributed by atoms with E-state index in [0.29, 0.717) is 83.8 Å². The number of likely N-dealkylation sites (N-methyl/N-ethyl adjacent to an activating group) is 3. The second-order valence-corrected chi connectivity index (χ2v) is 34.4. The molecule has 0 unspecified atom stereocenters. The fraction of sp³-hybridized carbons (Fsp3) is 0.245. The lowest BCUT2D eigenvalue weighted by Gasteiger charge is -2.21. The van der Waals surface area contributed by atoms with E-state index < -0.39 is 58.4 Å². The highest BCUT2D eigenvalue weighted by atomic mass is 35.5. The molecular weight excluding hydrogens is 1690 g/mol. The zero-order valence-electron chi connectivity index (χ0n) is 77.4. The van der Waals surface area contributed by atoms with Crippen LogP contribution >= 0.6 is 12.4 Å². The number of aryl methyl sites for hydroxylation is 2. The summed E-state index contributed by atoms with van der Waals surface area (Å²) in [5.74, 6) is -3.61. The standard InChI is InChI=1S/C29H34N2O4.C28H32N2O5.C25H25NO4.C24H24N2O5.ClH/c1-20-12-14-23(34-17-16-31(5)6)19-25(20)27(32)30-26-18-22(21-10-8-7-9-11-21)13-15-24(26)28(33)35-29(2,3)4;1-28(2,3)35-27(33)22-13-11-20(19-9-7-6-8-10-19)17-24(22)29-26(32)23-18-21(12-14-25(23)31)34-16-15-30(4)5;1-16-10-12-19(27)15-21(16)23(28)26-22-14-18(17-8-6-5-7-9-17)11-13-20(22)24(29)30-25(2,3)4;1-26(2)12-13-31-18-9-11-22(27)20(15-18)23(28)25-21-14-17(8-10-19(21)24(29)30)16-6-4-3-5-7-16;/h7-15,18-19H,16-17H2,1-6H3,(H,30,32);6-14,17-18,31H,15-16H2,1-5H3,(H,29,32);5-15,27H,1-4H3,(H,26,28);3-11,14-15,27H,12-13H2,1-2H3,(H,25,28)(H,29,30);1H. The molecule has 0 aliphatic rings. The summed E-state index contributed by atoms with van der Waals surface area (Å²) < 4.78 is 33.8. The van der Waals surface area contributed by atoms with E-state index in [1.165, 1.54) is 42.5 Å². The summed E-state index contributed by atoms with van der Waals surface area (Å²) in [6, 6.07) is 77.9. The van der Waals surface area contributed by atoms with Crippen LogP contribution in [0.15, 0.2) is 267 Å². The number of hydrogen-bond donors (Lipinski definition) is 8. The number of aromatic carboxylic acids is 1. The number of carbonyl (C=O) groups is 8. The Morgan fingerprint density at radius 3 is 0.818 bits per heavy atom. The van der Waals surface area contributed by atoms with Gasteiger partial charge in [-0.2, -0.15) is 0 Å². The van der Waals surface area contributed by atoms with Crippen molar-refractivity contribution in [3.63, 3.8) is 0 Å². The minimum absolute atomic E-state index is 0. The molecular formula is C106H116ClN7O18. The Kier molecular flexibility index (Phi) is 37.1. The van der Waals surface area contributed by atoms with Crippen molar-refractivity contribution in [2.24, 2.45) is 0 Å². The first-order chi connectivity index (χ1) is 62.0. The normalized spacial score (nSPS) is 11.0. The number of aromatic hydroxyl groups is 3. The molecule has 690 valence electrons. The fourth-order valence-corrected chi connectivity index (χ4v) is 12.7. The number of benzene rings is 12. The number of phenolic OH excluding ortho intramolecular Hbond substituents is 3. The molecule has 0 radical (unpaired) electrons. The summed E-state index contributed by atoms with van der Waals surface area (Å²) in [5, 5.41) is 51.0. The Balaban J connectivity index is 0.000000217. The van der Waals surface area contributed by atoms with Crippen molar-refractivity contribution in [2.75, 3.05) is 103 Å². The molecule has 132 heavy (non-hydrogen) atoms. The van der Waals surface area contributed by atoms with Crippen LogP contribution in [0.1, 0.15) is 156 Å². The molecule has 4 amide bonds. The lowest BCUT2D eigenvalue weighted by molar-refractivity contribution is 0.00580. The molecule has 0 fully saturated rings. The van der Waals surface area contributed by atoms with Gasteiger partial charge >= 0.3 is 23.9 Å². The SMILES string of the molecule is CN(C)CCOc1ccc(O)c(C(=O)Nc2cc(-c3ccccc3)ccc2C(=O)O)c1.CN(C)CCOc1ccc(O)c(C(=O)Nc2cc(-c3ccccc3)ccc2C(=O)OC(C)(C)C)c1.Cc1ccc(O)cc1C(=O)Nc1cc(-c2ccccc2)ccc1C(=O)OC(C)(C)C.Cc1ccc(OCCN(C)C)cc1C(=O)Nc1cc(-c2ccccc2)ccc1C(=O)OC(C)(C)C.Cl. The molecule has 12 aromatic carbocycles. The molecule has 0 saturated heterocycles. The molecule has 0 saturated carbocycles. The van der Waals surface area contributed by atoms with Gasteiger partial charge < -0.3 is 84.8 Å². The van der Waals surface area contributed by atoms with Crippen molar-refractivity contribution in [3.8, 4) is 79.0 Å². The molecule has 26 heteroatoms. The molecule has 12 aromatic rings. The van der Waals surface area contributed by atoms with Gasteiger partial charge in [-0.1, -0.05) is 158 Å². The van der Waals surface area contributed by atoms with Gasteiger partial charge in [-0.15, -0.1) is 12.4 Å². The lowest BCUT2D eigenvalue weighted by Crippen LogP contribution is -2.25. The third-order valence-electron chi connectivity index (χ3n) is 19.4. The van der Waals surface area contributed by atoms with Crippen molar-refractivity contribution >= 4 is 82.7 Å². The molecule has 0 heterocycles. The minimum atomic E-state index is -1.17. The first-order valence-electron chi connectivity index (χ1n) is 42.4. The quantitative estimate of drug-likeness (QED) is 0.0167. The molecule has 0 atom stereocenters. The van der Waals surface area contributed by atoms with E-state index in [0.717, 1.165) is 56.6 Å². The second kappa shape index (κ2) is 47.6. The third-order valence-corrected chi connectivity index (χ3v) is 19.4. The molecule has 0 aliphatic carbocycles. The number of phenols is 3. The Labute approximate surface area is 777 Å². The van der Waals surface area contributed by atoms with Crippen molar-refractivity contribution in [1.82, 2.24) is 14.7 Å². The average molecular weight is 1810 g/mol. The Morgan fingerprint density at radius 1 is 0.288 bits per heavy atom. The monoisotopic (exact) mass is 1810 g/mol. The Hall–Kier alpha value is -14.6. The van der Waals surface area contributed by atoms with Crippen LogP contribution in [0.2, 0.25) is 0 Å². The number of carbonyl (C=O) groups excluding carboxylic acids is 7.